The lowest BCUT2D eigenvalue weighted by atomic mass is 10.1. The molecule has 1 aromatic carbocycles. The number of hydrogen-bond acceptors (Lipinski definition) is 8. The normalized spacial score (nSPS) is 12.8. The van der Waals surface area contributed by atoms with Gasteiger partial charge in [0.2, 0.25) is 0 Å². The summed E-state index contributed by atoms with van der Waals surface area (Å²) < 4.78 is 75.8. The number of ether oxygens (including phenoxy) is 4. The Bertz CT molecular complexity index is 821. The van der Waals surface area contributed by atoms with E-state index in [-0.39, 0.29) is 23.8 Å². The van der Waals surface area contributed by atoms with Crippen molar-refractivity contribution >= 4 is 18.4 Å². The van der Waals surface area contributed by atoms with Crippen LogP contribution < -0.4 is 4.74 Å². The Balaban J connectivity index is 2.09. The largest absolute Gasteiger partial charge is 0.485 e. The van der Waals surface area contributed by atoms with Crippen LogP contribution in [0.3, 0.4) is 0 Å². The van der Waals surface area contributed by atoms with Gasteiger partial charge in [-0.05, 0) is 48.7 Å². The van der Waals surface area contributed by atoms with Gasteiger partial charge < -0.3 is 23.7 Å². The maximum Gasteiger partial charge on any atom is 0.264 e. The predicted molar refractivity (Wildman–Crippen MR) is 127 cm³/mol. The Kier molecular flexibility index (Phi) is 13.1. The third-order valence-electron chi connectivity index (χ3n) is 5.46. The Hall–Kier alpha value is -1.15. The van der Waals surface area contributed by atoms with Crippen LogP contribution in [0, 0.1) is 11.6 Å². The number of hydrogen-bond donors (Lipinski definition) is 1. The van der Waals surface area contributed by atoms with Crippen LogP contribution in [0.2, 0.25) is 18.1 Å². The molecule has 0 aromatic heterocycles. The van der Waals surface area contributed by atoms with Gasteiger partial charge in [0.25, 0.3) is 10.1 Å². The Morgan fingerprint density at radius 2 is 1.38 bits per heavy atom. The molecule has 0 radical (unpaired) electrons. The minimum Gasteiger partial charge on any atom is -0.485 e. The smallest absolute Gasteiger partial charge is 0.264 e. The summed E-state index contributed by atoms with van der Waals surface area (Å²) in [6, 6.07) is 1.91. The third-order valence-corrected chi connectivity index (χ3v) is 9.57. The van der Waals surface area contributed by atoms with E-state index >= 15 is 0 Å². The molecule has 0 aliphatic carbocycles. The molecule has 1 N–H and O–H groups in total. The fraction of sp³-hybridized carbons (Fsp3) is 0.727. The zero-order valence-electron chi connectivity index (χ0n) is 20.7. The van der Waals surface area contributed by atoms with Crippen LogP contribution in [0.5, 0.6) is 5.75 Å². The second kappa shape index (κ2) is 14.4. The van der Waals surface area contributed by atoms with Crippen molar-refractivity contribution < 1.29 is 45.1 Å². The van der Waals surface area contributed by atoms with E-state index in [1.165, 1.54) is 0 Å². The van der Waals surface area contributed by atoms with Gasteiger partial charge in [0.1, 0.15) is 6.61 Å². The van der Waals surface area contributed by atoms with Crippen molar-refractivity contribution in [3.8, 4) is 5.75 Å². The molecule has 0 aliphatic rings. The molecule has 8 nitrogen and oxygen atoms in total. The quantitative estimate of drug-likeness (QED) is 0.175. The highest BCUT2D eigenvalue weighted by atomic mass is 32.2. The molecule has 0 aliphatic heterocycles. The van der Waals surface area contributed by atoms with Gasteiger partial charge in [-0.1, -0.05) is 13.8 Å². The highest BCUT2D eigenvalue weighted by Crippen LogP contribution is 2.39. The molecule has 0 amide bonds. The van der Waals surface area contributed by atoms with Crippen molar-refractivity contribution in [2.24, 2.45) is 0 Å². The Labute approximate surface area is 202 Å². The lowest BCUT2D eigenvalue weighted by Gasteiger charge is -2.35. The van der Waals surface area contributed by atoms with Crippen LogP contribution in [0.15, 0.2) is 12.1 Å². The summed E-state index contributed by atoms with van der Waals surface area (Å²) in [5.74, 6) is -2.48. The molecule has 0 saturated heterocycles. The van der Waals surface area contributed by atoms with Crippen molar-refractivity contribution in [2.75, 3.05) is 52.5 Å². The first-order valence-corrected chi connectivity index (χ1v) is 15.9. The minimum absolute atomic E-state index is 0.0322. The van der Waals surface area contributed by atoms with Gasteiger partial charge in [0.05, 0.1) is 45.9 Å². The van der Waals surface area contributed by atoms with Gasteiger partial charge in [0, 0.05) is 6.61 Å². The van der Waals surface area contributed by atoms with Gasteiger partial charge >= 0.3 is 0 Å². The third kappa shape index (κ3) is 12.5. The molecule has 1 aromatic rings. The topological polar surface area (TPSA) is 101 Å². The maximum absolute atomic E-state index is 14.0. The SMILES string of the molecule is CC(C)(CCCOCCOCCOCCOc1c(F)cc(COS(C)(=O)=O)cc1F)[Si](C)(C)O. The molecule has 0 unspecified atom stereocenters. The zero-order chi connectivity index (χ0) is 25.8. The summed E-state index contributed by atoms with van der Waals surface area (Å²) in [6.45, 7) is 9.80. The van der Waals surface area contributed by atoms with E-state index in [9.17, 15) is 22.0 Å². The van der Waals surface area contributed by atoms with Gasteiger partial charge in [-0.3, -0.25) is 4.18 Å². The average molecular weight is 529 g/mol. The molecule has 0 heterocycles. The van der Waals surface area contributed by atoms with E-state index < -0.39 is 42.4 Å². The van der Waals surface area contributed by atoms with Crippen LogP contribution in [0.4, 0.5) is 8.78 Å². The molecule has 0 atom stereocenters. The molecule has 0 bridgehead atoms. The number of benzene rings is 1. The summed E-state index contributed by atoms with van der Waals surface area (Å²) in [5, 5.41) is -0.0517. The van der Waals surface area contributed by atoms with E-state index in [1.807, 2.05) is 13.1 Å². The minimum atomic E-state index is -3.72. The predicted octanol–water partition coefficient (Wildman–Crippen LogP) is 3.63. The lowest BCUT2D eigenvalue weighted by Crippen LogP contribution is -2.39. The Morgan fingerprint density at radius 3 is 1.85 bits per heavy atom. The molecule has 34 heavy (non-hydrogen) atoms. The van der Waals surface area contributed by atoms with Gasteiger partial charge in [-0.2, -0.15) is 8.42 Å². The van der Waals surface area contributed by atoms with Crippen LogP contribution in [0.25, 0.3) is 0 Å². The first kappa shape index (κ1) is 30.9. The van der Waals surface area contributed by atoms with E-state index in [0.717, 1.165) is 31.2 Å². The van der Waals surface area contributed by atoms with Gasteiger partial charge in [0.15, 0.2) is 25.7 Å². The Morgan fingerprint density at radius 1 is 0.912 bits per heavy atom. The molecule has 0 fully saturated rings. The molecule has 0 saturated carbocycles. The fourth-order valence-electron chi connectivity index (χ4n) is 2.68. The molecule has 12 heteroatoms. The molecule has 0 spiro atoms. The van der Waals surface area contributed by atoms with Crippen LogP contribution in [-0.2, 0) is 35.1 Å². The van der Waals surface area contributed by atoms with E-state index in [0.29, 0.717) is 33.0 Å². The van der Waals surface area contributed by atoms with Crippen molar-refractivity contribution in [3.05, 3.63) is 29.3 Å². The van der Waals surface area contributed by atoms with Gasteiger partial charge in [-0.15, -0.1) is 0 Å². The summed E-state index contributed by atoms with van der Waals surface area (Å²) >= 11 is 0. The van der Waals surface area contributed by atoms with Crippen LogP contribution in [0.1, 0.15) is 32.3 Å². The van der Waals surface area contributed by atoms with E-state index in [4.69, 9.17) is 18.9 Å². The molecular formula is C22H38F2O8SSi. The monoisotopic (exact) mass is 528 g/mol. The number of rotatable bonds is 18. The number of halogens is 2. The van der Waals surface area contributed by atoms with Gasteiger partial charge in [-0.25, -0.2) is 8.78 Å². The zero-order valence-corrected chi connectivity index (χ0v) is 22.5. The van der Waals surface area contributed by atoms with Crippen molar-refractivity contribution in [1.82, 2.24) is 0 Å². The van der Waals surface area contributed by atoms with E-state index in [1.54, 1.807) is 0 Å². The molecule has 198 valence electrons. The van der Waals surface area contributed by atoms with Crippen LogP contribution in [-0.4, -0.2) is 74.0 Å². The van der Waals surface area contributed by atoms with Crippen LogP contribution >= 0.6 is 0 Å². The standard InChI is InChI=1S/C22H38F2O8SSi/c1-22(2,34(4,5)27)7-6-8-28-9-10-29-11-12-30-13-14-31-21-19(23)15-18(16-20(21)24)17-32-33(3,25)26/h15-16,27H,6-14,17H2,1-5H3. The summed E-state index contributed by atoms with van der Waals surface area (Å²) in [4.78, 5) is 10.3. The fourth-order valence-corrected chi connectivity index (χ4v) is 3.81. The van der Waals surface area contributed by atoms with E-state index in [2.05, 4.69) is 18.0 Å². The lowest BCUT2D eigenvalue weighted by molar-refractivity contribution is 0.00817. The molecule has 1 rings (SSSR count). The first-order chi connectivity index (χ1) is 15.7. The summed E-state index contributed by atoms with van der Waals surface area (Å²) in [5.41, 5.74) is 0.0322. The second-order valence-electron chi connectivity index (χ2n) is 9.09. The van der Waals surface area contributed by atoms with Crippen molar-refractivity contribution in [2.45, 2.75) is 51.4 Å². The van der Waals surface area contributed by atoms with Crippen molar-refractivity contribution in [1.29, 1.82) is 0 Å². The molecular weight excluding hydrogens is 490 g/mol. The second-order valence-corrected chi connectivity index (χ2v) is 15.2. The highest BCUT2D eigenvalue weighted by Gasteiger charge is 2.37. The van der Waals surface area contributed by atoms with Crippen molar-refractivity contribution in [3.63, 3.8) is 0 Å². The maximum atomic E-state index is 14.0. The summed E-state index contributed by atoms with van der Waals surface area (Å²) in [7, 11) is -5.90. The summed E-state index contributed by atoms with van der Waals surface area (Å²) in [6.07, 6.45) is 2.64. The highest BCUT2D eigenvalue weighted by molar-refractivity contribution is 7.85. The average Bonchev–Trinajstić information content (AvgIpc) is 2.70. The first-order valence-electron chi connectivity index (χ1n) is 11.1.